The van der Waals surface area contributed by atoms with Crippen LogP contribution in [0.2, 0.25) is 10.0 Å². The van der Waals surface area contributed by atoms with Crippen LogP contribution in [0.1, 0.15) is 23.9 Å². The van der Waals surface area contributed by atoms with Crippen molar-refractivity contribution >= 4 is 41.6 Å². The minimum atomic E-state index is 0.278. The smallest absolute Gasteiger partial charge is 0.216 e. The van der Waals surface area contributed by atoms with Crippen molar-refractivity contribution in [3.05, 3.63) is 68.2 Å². The molecule has 146 valence electrons. The summed E-state index contributed by atoms with van der Waals surface area (Å²) in [6, 6.07) is 10.8. The van der Waals surface area contributed by atoms with Crippen LogP contribution in [-0.2, 0) is 13.0 Å². The van der Waals surface area contributed by atoms with Gasteiger partial charge in [0.15, 0.2) is 17.3 Å². The predicted octanol–water partition coefficient (Wildman–Crippen LogP) is 5.28. The van der Waals surface area contributed by atoms with Crippen molar-refractivity contribution in [2.75, 3.05) is 7.11 Å². The highest BCUT2D eigenvalue weighted by atomic mass is 35.5. The minimum absolute atomic E-state index is 0.278. The normalized spacial score (nSPS) is 11.1. The average molecular weight is 437 g/mol. The first-order chi connectivity index (χ1) is 13.5. The fourth-order valence-corrected chi connectivity index (χ4v) is 3.14. The molecule has 0 bridgehead atoms. The molecule has 3 aromatic rings. The van der Waals surface area contributed by atoms with Crippen molar-refractivity contribution in [1.29, 1.82) is 0 Å². The summed E-state index contributed by atoms with van der Waals surface area (Å²) in [5, 5.41) is 12.4. The van der Waals surface area contributed by atoms with Crippen LogP contribution in [0, 0.1) is 4.77 Å². The van der Waals surface area contributed by atoms with Crippen LogP contribution in [0.25, 0.3) is 0 Å². The largest absolute Gasteiger partial charge is 0.493 e. The first-order valence-electron chi connectivity index (χ1n) is 8.47. The molecular formula is C19H18Cl2N4O2S. The van der Waals surface area contributed by atoms with E-state index in [0.717, 1.165) is 17.0 Å². The molecule has 0 atom stereocenters. The molecular weight excluding hydrogens is 419 g/mol. The van der Waals surface area contributed by atoms with Crippen molar-refractivity contribution < 1.29 is 9.47 Å². The first-order valence-corrected chi connectivity index (χ1v) is 9.63. The third-order valence-corrected chi connectivity index (χ3v) is 4.79. The molecule has 1 heterocycles. The summed E-state index contributed by atoms with van der Waals surface area (Å²) in [7, 11) is 1.59. The maximum atomic E-state index is 6.21. The van der Waals surface area contributed by atoms with Gasteiger partial charge in [-0.25, -0.2) is 0 Å². The number of nitrogens with one attached hydrogen (secondary N) is 1. The monoisotopic (exact) mass is 436 g/mol. The van der Waals surface area contributed by atoms with Crippen LogP contribution in [-0.4, -0.2) is 28.2 Å². The molecule has 0 unspecified atom stereocenters. The van der Waals surface area contributed by atoms with Gasteiger partial charge in [-0.05, 0) is 48.1 Å². The van der Waals surface area contributed by atoms with E-state index < -0.39 is 0 Å². The molecule has 0 aliphatic heterocycles. The van der Waals surface area contributed by atoms with E-state index in [-0.39, 0.29) is 6.61 Å². The lowest BCUT2D eigenvalue weighted by atomic mass is 10.2. The van der Waals surface area contributed by atoms with Crippen molar-refractivity contribution in [3.63, 3.8) is 0 Å². The topological polar surface area (TPSA) is 64.4 Å². The molecule has 0 amide bonds. The number of hydrogen-bond donors (Lipinski definition) is 1. The van der Waals surface area contributed by atoms with E-state index in [9.17, 15) is 0 Å². The number of benzene rings is 2. The first kappa shape index (κ1) is 20.4. The highest BCUT2D eigenvalue weighted by Gasteiger charge is 2.08. The lowest BCUT2D eigenvalue weighted by Crippen LogP contribution is -2.00. The van der Waals surface area contributed by atoms with E-state index in [4.69, 9.17) is 44.9 Å². The quantitative estimate of drug-likeness (QED) is 0.404. The molecule has 2 aromatic carbocycles. The SMILES string of the molecule is CCc1n[nH]c(=S)n1/N=C/c1ccc(OC)c(OCc2ccc(Cl)cc2Cl)c1. The number of ether oxygens (including phenoxy) is 2. The molecule has 9 heteroatoms. The van der Waals surface area contributed by atoms with Crippen LogP contribution in [0.5, 0.6) is 11.5 Å². The van der Waals surface area contributed by atoms with Gasteiger partial charge in [-0.1, -0.05) is 36.2 Å². The van der Waals surface area contributed by atoms with E-state index in [0.29, 0.717) is 32.7 Å². The molecule has 1 aromatic heterocycles. The minimum Gasteiger partial charge on any atom is -0.493 e. The maximum absolute atomic E-state index is 6.21. The number of aryl methyl sites for hydroxylation is 1. The van der Waals surface area contributed by atoms with Gasteiger partial charge in [0.05, 0.1) is 13.3 Å². The zero-order valence-corrected chi connectivity index (χ0v) is 17.6. The van der Waals surface area contributed by atoms with Gasteiger partial charge in [0.25, 0.3) is 0 Å². The van der Waals surface area contributed by atoms with Gasteiger partial charge in [-0.2, -0.15) is 14.9 Å². The summed E-state index contributed by atoms with van der Waals surface area (Å²) < 4.78 is 13.3. The highest BCUT2D eigenvalue weighted by molar-refractivity contribution is 7.71. The van der Waals surface area contributed by atoms with Gasteiger partial charge < -0.3 is 9.47 Å². The summed E-state index contributed by atoms with van der Waals surface area (Å²) in [6.07, 6.45) is 2.40. The maximum Gasteiger partial charge on any atom is 0.216 e. The third kappa shape index (κ3) is 4.73. The van der Waals surface area contributed by atoms with Gasteiger partial charge in [0, 0.05) is 22.0 Å². The second kappa shape index (κ2) is 9.23. The summed E-state index contributed by atoms with van der Waals surface area (Å²) >= 11 is 17.4. The van der Waals surface area contributed by atoms with Crippen LogP contribution in [0.4, 0.5) is 0 Å². The zero-order valence-electron chi connectivity index (χ0n) is 15.3. The van der Waals surface area contributed by atoms with Crippen molar-refractivity contribution in [2.45, 2.75) is 20.0 Å². The molecule has 0 aliphatic carbocycles. The van der Waals surface area contributed by atoms with Crippen LogP contribution < -0.4 is 9.47 Å². The Kier molecular flexibility index (Phi) is 6.72. The number of nitrogens with zero attached hydrogens (tertiary/aromatic N) is 3. The van der Waals surface area contributed by atoms with E-state index in [2.05, 4.69) is 15.3 Å². The molecule has 6 nitrogen and oxygen atoms in total. The highest BCUT2D eigenvalue weighted by Crippen LogP contribution is 2.30. The Bertz CT molecular complexity index is 1060. The molecule has 3 rings (SSSR count). The molecule has 0 aliphatic rings. The zero-order chi connectivity index (χ0) is 20.1. The number of rotatable bonds is 7. The Morgan fingerprint density at radius 1 is 1.21 bits per heavy atom. The molecule has 0 radical (unpaired) electrons. The summed E-state index contributed by atoms with van der Waals surface area (Å²) in [4.78, 5) is 0. The van der Waals surface area contributed by atoms with Crippen molar-refractivity contribution in [3.8, 4) is 11.5 Å². The van der Waals surface area contributed by atoms with Crippen molar-refractivity contribution in [1.82, 2.24) is 14.9 Å². The van der Waals surface area contributed by atoms with Gasteiger partial charge in [0.1, 0.15) is 6.61 Å². The summed E-state index contributed by atoms with van der Waals surface area (Å²) in [5.41, 5.74) is 1.65. The number of hydrogen-bond acceptors (Lipinski definition) is 5. The number of aromatic nitrogens is 3. The number of aromatic amines is 1. The van der Waals surface area contributed by atoms with Crippen LogP contribution >= 0.6 is 35.4 Å². The van der Waals surface area contributed by atoms with Crippen molar-refractivity contribution in [2.24, 2.45) is 5.10 Å². The van der Waals surface area contributed by atoms with E-state index in [1.54, 1.807) is 30.1 Å². The average Bonchev–Trinajstić information content (AvgIpc) is 3.05. The molecule has 28 heavy (non-hydrogen) atoms. The molecule has 0 spiro atoms. The fourth-order valence-electron chi connectivity index (χ4n) is 2.48. The van der Waals surface area contributed by atoms with E-state index >= 15 is 0 Å². The van der Waals surface area contributed by atoms with Gasteiger partial charge in [0.2, 0.25) is 4.77 Å². The van der Waals surface area contributed by atoms with Gasteiger partial charge in [-0.3, -0.25) is 5.10 Å². The summed E-state index contributed by atoms with van der Waals surface area (Å²) in [6.45, 7) is 2.26. The second-order valence-corrected chi connectivity index (χ2v) is 7.02. The molecule has 0 saturated heterocycles. The fraction of sp³-hybridized carbons (Fsp3) is 0.211. The Morgan fingerprint density at radius 2 is 2.04 bits per heavy atom. The Balaban J connectivity index is 1.82. The Hall–Kier alpha value is -2.35. The second-order valence-electron chi connectivity index (χ2n) is 5.79. The van der Waals surface area contributed by atoms with Crippen LogP contribution in [0.3, 0.4) is 0 Å². The molecule has 0 fully saturated rings. The van der Waals surface area contributed by atoms with Crippen LogP contribution in [0.15, 0.2) is 41.5 Å². The third-order valence-electron chi connectivity index (χ3n) is 3.94. The molecule has 0 saturated carbocycles. The van der Waals surface area contributed by atoms with Gasteiger partial charge >= 0.3 is 0 Å². The lowest BCUT2D eigenvalue weighted by Gasteiger charge is -2.12. The van der Waals surface area contributed by atoms with E-state index in [1.165, 1.54) is 0 Å². The predicted molar refractivity (Wildman–Crippen MR) is 114 cm³/mol. The van der Waals surface area contributed by atoms with Gasteiger partial charge in [-0.15, -0.1) is 0 Å². The number of halogens is 2. The number of H-pyrrole nitrogens is 1. The molecule has 1 N–H and O–H groups in total. The Labute approximate surface area is 177 Å². The Morgan fingerprint density at radius 3 is 2.75 bits per heavy atom. The standard InChI is InChI=1S/C19H18Cl2N4O2S/c1-3-18-23-24-19(28)25(18)22-10-12-4-7-16(26-2)17(8-12)27-11-13-5-6-14(20)9-15(13)21/h4-10H,3,11H2,1-2H3,(H,24,28)/b22-10+. The summed E-state index contributed by atoms with van der Waals surface area (Å²) in [5.74, 6) is 1.93. The number of methoxy groups -OCH3 is 1. The van der Waals surface area contributed by atoms with E-state index in [1.807, 2.05) is 31.2 Å². The lowest BCUT2D eigenvalue weighted by molar-refractivity contribution is 0.284.